The molecule has 1 fully saturated rings. The van der Waals surface area contributed by atoms with Crippen LogP contribution in [0.4, 0.5) is 5.95 Å². The van der Waals surface area contributed by atoms with Crippen molar-refractivity contribution in [3.63, 3.8) is 0 Å². The van der Waals surface area contributed by atoms with Crippen LogP contribution < -0.4 is 10.6 Å². The number of nitrogens with one attached hydrogen (secondary N) is 1. The molecule has 108 valence electrons. The van der Waals surface area contributed by atoms with Gasteiger partial charge in [0.25, 0.3) is 0 Å². The number of aromatic amines is 1. The predicted molar refractivity (Wildman–Crippen MR) is 83.0 cm³/mol. The van der Waals surface area contributed by atoms with E-state index in [4.69, 9.17) is 5.73 Å². The van der Waals surface area contributed by atoms with E-state index in [2.05, 4.69) is 46.1 Å². The highest BCUT2D eigenvalue weighted by Gasteiger charge is 2.30. The Morgan fingerprint density at radius 1 is 1.40 bits per heavy atom. The molecule has 3 heterocycles. The SMILES string of the molecule is Cc1ccc(-c2nc(N3CCC(C)(CN)CC3)n[nH]2)s1. The first-order valence-corrected chi connectivity index (χ1v) is 7.85. The fraction of sp³-hybridized carbons (Fsp3) is 0.571. The molecule has 2 aromatic heterocycles. The van der Waals surface area contributed by atoms with E-state index in [1.54, 1.807) is 11.3 Å². The lowest BCUT2D eigenvalue weighted by atomic mass is 9.81. The van der Waals surface area contributed by atoms with Gasteiger partial charge in [0.05, 0.1) is 4.88 Å². The van der Waals surface area contributed by atoms with Gasteiger partial charge in [0, 0.05) is 18.0 Å². The van der Waals surface area contributed by atoms with Gasteiger partial charge in [-0.2, -0.15) is 4.98 Å². The van der Waals surface area contributed by atoms with E-state index in [-0.39, 0.29) is 5.41 Å². The zero-order chi connectivity index (χ0) is 14.2. The van der Waals surface area contributed by atoms with Crippen LogP contribution in [0.5, 0.6) is 0 Å². The van der Waals surface area contributed by atoms with Gasteiger partial charge >= 0.3 is 0 Å². The van der Waals surface area contributed by atoms with Crippen LogP contribution in [0.15, 0.2) is 12.1 Å². The Morgan fingerprint density at radius 2 is 2.15 bits per heavy atom. The summed E-state index contributed by atoms with van der Waals surface area (Å²) >= 11 is 1.74. The first-order valence-electron chi connectivity index (χ1n) is 7.04. The summed E-state index contributed by atoms with van der Waals surface area (Å²) in [5.74, 6) is 1.68. The summed E-state index contributed by atoms with van der Waals surface area (Å²) in [6.45, 7) is 7.09. The number of piperidine rings is 1. The number of anilines is 1. The minimum Gasteiger partial charge on any atom is -0.339 e. The molecule has 0 aromatic carbocycles. The molecule has 3 rings (SSSR count). The first-order chi connectivity index (χ1) is 9.59. The number of rotatable bonds is 3. The number of hydrogen-bond donors (Lipinski definition) is 2. The quantitative estimate of drug-likeness (QED) is 0.911. The van der Waals surface area contributed by atoms with Crippen LogP contribution in [0, 0.1) is 12.3 Å². The molecule has 0 aliphatic carbocycles. The number of aryl methyl sites for hydroxylation is 1. The number of thiophene rings is 1. The van der Waals surface area contributed by atoms with Crippen molar-refractivity contribution in [2.45, 2.75) is 26.7 Å². The zero-order valence-corrected chi connectivity index (χ0v) is 12.8. The number of nitrogens with two attached hydrogens (primary N) is 1. The van der Waals surface area contributed by atoms with Crippen LogP contribution in [0.1, 0.15) is 24.6 Å². The van der Waals surface area contributed by atoms with Gasteiger partial charge < -0.3 is 10.6 Å². The van der Waals surface area contributed by atoms with Crippen molar-refractivity contribution in [1.82, 2.24) is 15.2 Å². The second kappa shape index (κ2) is 5.18. The zero-order valence-electron chi connectivity index (χ0n) is 12.0. The summed E-state index contributed by atoms with van der Waals surface area (Å²) in [7, 11) is 0. The van der Waals surface area contributed by atoms with Crippen LogP contribution in [-0.2, 0) is 0 Å². The molecule has 5 nitrogen and oxygen atoms in total. The summed E-state index contributed by atoms with van der Waals surface area (Å²) in [5.41, 5.74) is 6.13. The second-order valence-electron chi connectivity index (χ2n) is 5.90. The van der Waals surface area contributed by atoms with Crippen molar-refractivity contribution >= 4 is 17.3 Å². The minimum absolute atomic E-state index is 0.278. The predicted octanol–water partition coefficient (Wildman–Crippen LogP) is 2.41. The van der Waals surface area contributed by atoms with Crippen molar-refractivity contribution in [3.05, 3.63) is 17.0 Å². The Morgan fingerprint density at radius 3 is 2.75 bits per heavy atom. The third kappa shape index (κ3) is 2.58. The second-order valence-corrected chi connectivity index (χ2v) is 7.18. The molecule has 1 aliphatic heterocycles. The molecule has 0 bridgehead atoms. The third-order valence-electron chi connectivity index (χ3n) is 4.19. The van der Waals surface area contributed by atoms with Gasteiger partial charge in [-0.3, -0.25) is 5.10 Å². The molecule has 3 N–H and O–H groups in total. The standard InChI is InChI=1S/C14H21N5S/c1-10-3-4-11(20-10)12-16-13(18-17-12)19-7-5-14(2,9-15)6-8-19/h3-4H,5-9,15H2,1-2H3,(H,16,17,18). The smallest absolute Gasteiger partial charge is 0.245 e. The Bertz CT molecular complexity index is 580. The number of H-pyrrole nitrogens is 1. The summed E-state index contributed by atoms with van der Waals surface area (Å²) in [4.78, 5) is 9.31. The maximum Gasteiger partial charge on any atom is 0.245 e. The maximum absolute atomic E-state index is 5.85. The lowest BCUT2D eigenvalue weighted by molar-refractivity contribution is 0.257. The number of aromatic nitrogens is 3. The molecule has 2 aromatic rings. The van der Waals surface area contributed by atoms with Gasteiger partial charge in [-0.15, -0.1) is 16.4 Å². The molecule has 1 saturated heterocycles. The van der Waals surface area contributed by atoms with Gasteiger partial charge in [-0.25, -0.2) is 0 Å². The Hall–Kier alpha value is -1.40. The molecular formula is C14H21N5S. The van der Waals surface area contributed by atoms with E-state index in [0.29, 0.717) is 0 Å². The van der Waals surface area contributed by atoms with Gasteiger partial charge in [-0.05, 0) is 43.9 Å². The highest BCUT2D eigenvalue weighted by Crippen LogP contribution is 2.32. The van der Waals surface area contributed by atoms with E-state index in [0.717, 1.165) is 49.1 Å². The fourth-order valence-electron chi connectivity index (χ4n) is 2.52. The van der Waals surface area contributed by atoms with E-state index >= 15 is 0 Å². The van der Waals surface area contributed by atoms with Gasteiger partial charge in [-0.1, -0.05) is 6.92 Å². The Kier molecular flexibility index (Phi) is 3.52. The van der Waals surface area contributed by atoms with Gasteiger partial charge in [0.2, 0.25) is 5.95 Å². The van der Waals surface area contributed by atoms with Crippen LogP contribution in [0.3, 0.4) is 0 Å². The maximum atomic E-state index is 5.85. The molecule has 0 spiro atoms. The lowest BCUT2D eigenvalue weighted by Gasteiger charge is -2.38. The molecule has 6 heteroatoms. The van der Waals surface area contributed by atoms with Crippen LogP contribution >= 0.6 is 11.3 Å². The number of nitrogens with zero attached hydrogens (tertiary/aromatic N) is 3. The molecule has 1 aliphatic rings. The largest absolute Gasteiger partial charge is 0.339 e. The highest BCUT2D eigenvalue weighted by atomic mass is 32.1. The van der Waals surface area contributed by atoms with E-state index in [9.17, 15) is 0 Å². The van der Waals surface area contributed by atoms with Crippen molar-refractivity contribution < 1.29 is 0 Å². The average molecular weight is 291 g/mol. The van der Waals surface area contributed by atoms with Crippen molar-refractivity contribution in [3.8, 4) is 10.7 Å². The molecule has 0 amide bonds. The lowest BCUT2D eigenvalue weighted by Crippen LogP contribution is -2.42. The Balaban J connectivity index is 1.72. The molecular weight excluding hydrogens is 270 g/mol. The topological polar surface area (TPSA) is 70.8 Å². The fourth-order valence-corrected chi connectivity index (χ4v) is 3.32. The summed E-state index contributed by atoms with van der Waals surface area (Å²) in [5, 5.41) is 7.41. The van der Waals surface area contributed by atoms with Crippen molar-refractivity contribution in [2.75, 3.05) is 24.5 Å². The summed E-state index contributed by atoms with van der Waals surface area (Å²) < 4.78 is 0. The average Bonchev–Trinajstić information content (AvgIpc) is 3.08. The highest BCUT2D eigenvalue weighted by molar-refractivity contribution is 7.15. The molecule has 0 atom stereocenters. The summed E-state index contributed by atoms with van der Waals surface area (Å²) in [6, 6.07) is 4.20. The van der Waals surface area contributed by atoms with Crippen LogP contribution in [0.25, 0.3) is 10.7 Å². The van der Waals surface area contributed by atoms with E-state index in [1.165, 1.54) is 4.88 Å². The van der Waals surface area contributed by atoms with Gasteiger partial charge in [0.15, 0.2) is 5.82 Å². The van der Waals surface area contributed by atoms with Crippen LogP contribution in [-0.4, -0.2) is 34.8 Å². The molecule has 20 heavy (non-hydrogen) atoms. The Labute approximate surface area is 123 Å². The van der Waals surface area contributed by atoms with Crippen molar-refractivity contribution in [1.29, 1.82) is 0 Å². The van der Waals surface area contributed by atoms with Gasteiger partial charge in [0.1, 0.15) is 0 Å². The van der Waals surface area contributed by atoms with E-state index in [1.807, 2.05) is 0 Å². The first kappa shape index (κ1) is 13.6. The number of hydrogen-bond acceptors (Lipinski definition) is 5. The van der Waals surface area contributed by atoms with Crippen molar-refractivity contribution in [2.24, 2.45) is 11.1 Å². The summed E-state index contributed by atoms with van der Waals surface area (Å²) in [6.07, 6.45) is 2.21. The molecule has 0 radical (unpaired) electrons. The van der Waals surface area contributed by atoms with Crippen LogP contribution in [0.2, 0.25) is 0 Å². The normalized spacial score (nSPS) is 18.4. The third-order valence-corrected chi connectivity index (χ3v) is 5.20. The molecule has 0 unspecified atom stereocenters. The minimum atomic E-state index is 0.278. The monoisotopic (exact) mass is 291 g/mol. The molecule has 0 saturated carbocycles. The van der Waals surface area contributed by atoms with E-state index < -0.39 is 0 Å².